The summed E-state index contributed by atoms with van der Waals surface area (Å²) in [5, 5.41) is 0. The van der Waals surface area contributed by atoms with Crippen molar-refractivity contribution in [1.29, 1.82) is 0 Å². The van der Waals surface area contributed by atoms with Crippen LogP contribution in [0.2, 0.25) is 0 Å². The first kappa shape index (κ1) is 16.3. The van der Waals surface area contributed by atoms with Crippen LogP contribution in [0.1, 0.15) is 18.9 Å². The molecule has 6 heteroatoms. The fraction of sp³-hybridized carbons (Fsp3) is 0.500. The minimum atomic E-state index is -1.40. The van der Waals surface area contributed by atoms with Gasteiger partial charge in [0.2, 0.25) is 17.4 Å². The van der Waals surface area contributed by atoms with E-state index in [9.17, 15) is 9.59 Å². The van der Waals surface area contributed by atoms with Gasteiger partial charge >= 0.3 is 0 Å². The number of methoxy groups -OCH3 is 2. The van der Waals surface area contributed by atoms with Crippen molar-refractivity contribution in [2.45, 2.75) is 33.2 Å². The molecule has 0 N–H and O–H groups in total. The predicted octanol–water partition coefficient (Wildman–Crippen LogP) is 2.76. The van der Waals surface area contributed by atoms with Crippen LogP contribution in [-0.2, 0) is 24.5 Å². The van der Waals surface area contributed by atoms with Gasteiger partial charge in [0, 0.05) is 19.6 Å². The third-order valence-corrected chi connectivity index (χ3v) is 8.12. The van der Waals surface area contributed by atoms with E-state index < -0.39 is 31.4 Å². The number of benzene rings is 1. The molecule has 0 saturated heterocycles. The molecule has 0 amide bonds. The minimum Gasteiger partial charge on any atom is -0.350 e. The van der Waals surface area contributed by atoms with Crippen molar-refractivity contribution < 1.29 is 19.1 Å². The summed E-state index contributed by atoms with van der Waals surface area (Å²) in [6.45, 7) is 1.96. The Morgan fingerprint density at radius 1 is 1.00 bits per heavy atom. The monoisotopic (exact) mass is 430 g/mol. The van der Waals surface area contributed by atoms with Crippen LogP contribution in [0, 0.1) is 0 Å². The summed E-state index contributed by atoms with van der Waals surface area (Å²) in [4.78, 5) is 25.4. The Morgan fingerprint density at radius 2 is 1.55 bits per heavy atom. The number of carbonyl (C=O) groups is 2. The maximum absolute atomic E-state index is 12.8. The Kier molecular flexibility index (Phi) is 3.50. The van der Waals surface area contributed by atoms with E-state index in [0.717, 1.165) is 5.56 Å². The molecule has 2 saturated carbocycles. The second kappa shape index (κ2) is 4.72. The van der Waals surface area contributed by atoms with Gasteiger partial charge in [0.15, 0.2) is 4.32 Å². The van der Waals surface area contributed by atoms with Crippen LogP contribution < -0.4 is 0 Å². The number of alkyl halides is 2. The van der Waals surface area contributed by atoms with Crippen LogP contribution in [0.5, 0.6) is 0 Å². The molecule has 0 radical (unpaired) electrons. The van der Waals surface area contributed by atoms with Crippen LogP contribution in [0.4, 0.5) is 0 Å². The van der Waals surface area contributed by atoms with Crippen molar-refractivity contribution in [3.63, 3.8) is 0 Å². The zero-order valence-corrected chi connectivity index (χ0v) is 15.7. The number of Topliss-reactive ketones (excluding diaryl/α,β-unsaturated/α-hetero) is 2. The number of rotatable bonds is 3. The van der Waals surface area contributed by atoms with Gasteiger partial charge in [-0.25, -0.2) is 0 Å². The third kappa shape index (κ3) is 1.41. The molecule has 118 valence electrons. The highest BCUT2D eigenvalue weighted by molar-refractivity contribution is 9.11. The summed E-state index contributed by atoms with van der Waals surface area (Å²) in [5.41, 5.74) is 0.293. The molecule has 1 aromatic rings. The molecule has 2 fully saturated rings. The molecule has 0 unspecified atom stereocenters. The van der Waals surface area contributed by atoms with Gasteiger partial charge in [0.25, 0.3) is 0 Å². The van der Waals surface area contributed by atoms with E-state index in [2.05, 4.69) is 31.9 Å². The summed E-state index contributed by atoms with van der Waals surface area (Å²) in [6, 6.07) is 9.65. The van der Waals surface area contributed by atoms with E-state index in [4.69, 9.17) is 9.47 Å². The van der Waals surface area contributed by atoms with Crippen molar-refractivity contribution in [2.24, 2.45) is 0 Å². The fourth-order valence-electron chi connectivity index (χ4n) is 4.12. The summed E-state index contributed by atoms with van der Waals surface area (Å²) in [5.74, 6) is -2.44. The summed E-state index contributed by atoms with van der Waals surface area (Å²) >= 11 is 7.07. The molecule has 0 heterocycles. The lowest BCUT2D eigenvalue weighted by Gasteiger charge is -2.43. The predicted molar refractivity (Wildman–Crippen MR) is 88.5 cm³/mol. The van der Waals surface area contributed by atoms with E-state index in [1.807, 2.05) is 37.3 Å². The first-order valence-corrected chi connectivity index (χ1v) is 8.46. The first-order valence-electron chi connectivity index (χ1n) is 6.88. The van der Waals surface area contributed by atoms with Crippen molar-refractivity contribution in [3.05, 3.63) is 35.9 Å². The van der Waals surface area contributed by atoms with Crippen molar-refractivity contribution in [2.75, 3.05) is 14.2 Å². The number of halogens is 2. The smallest absolute Gasteiger partial charge is 0.223 e. The van der Waals surface area contributed by atoms with Crippen LogP contribution in [0.3, 0.4) is 0 Å². The standard InChI is InChI=1S/C16H16Br2O4/c1-13(10-7-5-4-6-8-10)9-14(17)11(19)12(20)15(13,18)16(14,21-2)22-3/h4-8H,9H2,1-3H3/t13-,14-,15-/m1/s1. The van der Waals surface area contributed by atoms with Crippen molar-refractivity contribution in [3.8, 4) is 0 Å². The molecule has 4 nitrogen and oxygen atoms in total. The van der Waals surface area contributed by atoms with E-state index in [-0.39, 0.29) is 0 Å². The first-order chi connectivity index (χ1) is 10.2. The number of hydrogen-bond acceptors (Lipinski definition) is 4. The molecule has 0 spiro atoms. The lowest BCUT2D eigenvalue weighted by molar-refractivity contribution is -0.215. The number of ketones is 2. The SMILES string of the molecule is COC1(OC)[C@@]2(Br)C[C@](C)(c3ccccc3)[C@]1(Br)C(=O)C2=O. The molecular weight excluding hydrogens is 416 g/mol. The highest BCUT2D eigenvalue weighted by Gasteiger charge is 2.88. The number of hydrogen-bond donors (Lipinski definition) is 0. The Labute approximate surface area is 145 Å². The number of fused-ring (bicyclic) bond motifs is 2. The molecular formula is C16H16Br2O4. The van der Waals surface area contributed by atoms with Crippen molar-refractivity contribution in [1.82, 2.24) is 0 Å². The van der Waals surface area contributed by atoms with Gasteiger partial charge in [-0.05, 0) is 12.0 Å². The summed E-state index contributed by atoms with van der Waals surface area (Å²) in [7, 11) is 2.91. The van der Waals surface area contributed by atoms with E-state index >= 15 is 0 Å². The fourth-order valence-corrected chi connectivity index (χ4v) is 6.96. The second-order valence-electron chi connectivity index (χ2n) is 6.02. The van der Waals surface area contributed by atoms with Gasteiger partial charge in [0.1, 0.15) is 4.32 Å². The maximum atomic E-state index is 12.8. The largest absolute Gasteiger partial charge is 0.350 e. The van der Waals surface area contributed by atoms with Gasteiger partial charge in [-0.2, -0.15) is 0 Å². The lowest BCUT2D eigenvalue weighted by Crippen LogP contribution is -2.60. The molecule has 2 aliphatic carbocycles. The average Bonchev–Trinajstić information content (AvgIpc) is 2.77. The third-order valence-electron chi connectivity index (χ3n) is 5.20. The van der Waals surface area contributed by atoms with Gasteiger partial charge in [-0.1, -0.05) is 69.1 Å². The van der Waals surface area contributed by atoms with E-state index in [1.54, 1.807) is 0 Å². The Hall–Kier alpha value is -0.560. The average molecular weight is 432 g/mol. The molecule has 2 aliphatic rings. The highest BCUT2D eigenvalue weighted by Crippen LogP contribution is 2.71. The van der Waals surface area contributed by atoms with Gasteiger partial charge in [0.05, 0.1) is 0 Å². The van der Waals surface area contributed by atoms with Crippen LogP contribution in [0.15, 0.2) is 30.3 Å². The zero-order valence-electron chi connectivity index (χ0n) is 12.5. The molecule has 1 aromatic carbocycles. The summed E-state index contributed by atoms with van der Waals surface area (Å²) < 4.78 is 8.78. The van der Waals surface area contributed by atoms with E-state index in [0.29, 0.717) is 6.42 Å². The van der Waals surface area contributed by atoms with Crippen LogP contribution >= 0.6 is 31.9 Å². The van der Waals surface area contributed by atoms with Crippen LogP contribution in [0.25, 0.3) is 0 Å². The summed E-state index contributed by atoms with van der Waals surface area (Å²) in [6.07, 6.45) is 0.390. The molecule has 0 aromatic heterocycles. The van der Waals surface area contributed by atoms with Gasteiger partial charge in [-0.3, -0.25) is 9.59 Å². The Morgan fingerprint density at radius 3 is 2.00 bits per heavy atom. The Bertz CT molecular complexity index is 657. The van der Waals surface area contributed by atoms with E-state index in [1.165, 1.54) is 14.2 Å². The molecule has 3 rings (SSSR count). The highest BCUT2D eigenvalue weighted by atomic mass is 79.9. The molecule has 0 aliphatic heterocycles. The van der Waals surface area contributed by atoms with Crippen LogP contribution in [-0.4, -0.2) is 40.2 Å². The maximum Gasteiger partial charge on any atom is 0.223 e. The number of ether oxygens (including phenoxy) is 2. The minimum absolute atomic E-state index is 0.390. The van der Waals surface area contributed by atoms with Gasteiger partial charge in [-0.15, -0.1) is 0 Å². The Balaban J connectivity index is 2.33. The zero-order chi connectivity index (χ0) is 16.4. The van der Waals surface area contributed by atoms with Crippen molar-refractivity contribution >= 4 is 43.4 Å². The molecule has 2 bridgehead atoms. The lowest BCUT2D eigenvalue weighted by atomic mass is 9.68. The van der Waals surface area contributed by atoms with Gasteiger partial charge < -0.3 is 9.47 Å². The molecule has 3 atom stereocenters. The molecule has 22 heavy (non-hydrogen) atoms. The normalized spacial score (nSPS) is 39.5. The number of carbonyl (C=O) groups excluding carboxylic acids is 2. The topological polar surface area (TPSA) is 52.6 Å². The quantitative estimate of drug-likeness (QED) is 0.419. The second-order valence-corrected chi connectivity index (χ2v) is 8.56.